The van der Waals surface area contributed by atoms with Crippen LogP contribution in [-0.4, -0.2) is 17.0 Å². The van der Waals surface area contributed by atoms with Crippen molar-refractivity contribution < 1.29 is 19.1 Å². The Hall–Kier alpha value is -2.42. The van der Waals surface area contributed by atoms with Gasteiger partial charge in [-0.2, -0.15) is 5.26 Å². The van der Waals surface area contributed by atoms with Crippen molar-refractivity contribution in [1.29, 1.82) is 5.26 Å². The normalized spacial score (nSPS) is 10.6. The summed E-state index contributed by atoms with van der Waals surface area (Å²) < 4.78 is 13.5. The van der Waals surface area contributed by atoms with E-state index in [1.807, 2.05) is 0 Å². The summed E-state index contributed by atoms with van der Waals surface area (Å²) in [6.07, 6.45) is 0. The molecule has 0 aliphatic carbocycles. The summed E-state index contributed by atoms with van der Waals surface area (Å²) in [5.41, 5.74) is -1.71. The van der Waals surface area contributed by atoms with E-state index in [1.165, 1.54) is 26.0 Å². The quantitative estimate of drug-likeness (QED) is 0.799. The highest BCUT2D eigenvalue weighted by atomic mass is 19.1. The zero-order valence-electron chi connectivity index (χ0n) is 9.82. The molecule has 18 heavy (non-hydrogen) atoms. The van der Waals surface area contributed by atoms with Crippen molar-refractivity contribution in [3.63, 3.8) is 0 Å². The molecule has 0 saturated heterocycles. The molecule has 0 unspecified atom stereocenters. The van der Waals surface area contributed by atoms with E-state index in [0.717, 1.165) is 6.07 Å². The van der Waals surface area contributed by atoms with E-state index in [0.29, 0.717) is 0 Å². The number of aliphatic carboxylic acids is 1. The maximum Gasteiger partial charge on any atom is 0.318 e. The van der Waals surface area contributed by atoms with Crippen molar-refractivity contribution >= 4 is 17.6 Å². The molecule has 0 aliphatic rings. The number of carboxylic acids is 1. The molecule has 1 amide bonds. The molecule has 1 aromatic rings. The van der Waals surface area contributed by atoms with Gasteiger partial charge in [0.1, 0.15) is 11.2 Å². The van der Waals surface area contributed by atoms with Gasteiger partial charge in [0, 0.05) is 0 Å². The molecule has 1 rings (SSSR count). The molecular weight excluding hydrogens is 239 g/mol. The average Bonchev–Trinajstić information content (AvgIpc) is 2.31. The van der Waals surface area contributed by atoms with Crippen LogP contribution >= 0.6 is 0 Å². The number of benzene rings is 1. The van der Waals surface area contributed by atoms with Crippen LogP contribution in [0.15, 0.2) is 18.2 Å². The Balaban J connectivity index is 2.97. The fraction of sp³-hybridized carbons (Fsp3) is 0.250. The van der Waals surface area contributed by atoms with Gasteiger partial charge in [0.25, 0.3) is 0 Å². The van der Waals surface area contributed by atoms with Crippen LogP contribution in [0.5, 0.6) is 0 Å². The Bertz CT molecular complexity index is 547. The number of anilines is 1. The van der Waals surface area contributed by atoms with Crippen molar-refractivity contribution in [2.45, 2.75) is 13.8 Å². The number of hydrogen-bond donors (Lipinski definition) is 2. The molecular formula is C12H11FN2O3. The fourth-order valence-electron chi connectivity index (χ4n) is 1.06. The molecule has 1 aromatic carbocycles. The Kier molecular flexibility index (Phi) is 3.67. The lowest BCUT2D eigenvalue weighted by molar-refractivity contribution is -0.151. The molecule has 0 spiro atoms. The number of carboxylic acid groups (broad SMARTS) is 1. The number of carbonyl (C=O) groups is 2. The third-order valence-corrected chi connectivity index (χ3v) is 2.45. The van der Waals surface area contributed by atoms with Gasteiger partial charge in [0.05, 0.1) is 17.3 Å². The molecule has 94 valence electrons. The van der Waals surface area contributed by atoms with Crippen molar-refractivity contribution in [3.8, 4) is 6.07 Å². The van der Waals surface area contributed by atoms with Crippen molar-refractivity contribution in [2.24, 2.45) is 5.41 Å². The summed E-state index contributed by atoms with van der Waals surface area (Å²) >= 11 is 0. The van der Waals surface area contributed by atoms with Crippen LogP contribution in [0.25, 0.3) is 0 Å². The van der Waals surface area contributed by atoms with E-state index in [1.54, 1.807) is 6.07 Å². The van der Waals surface area contributed by atoms with Crippen molar-refractivity contribution in [3.05, 3.63) is 29.6 Å². The van der Waals surface area contributed by atoms with Crippen LogP contribution in [0.2, 0.25) is 0 Å². The number of nitrogens with zero attached hydrogens (tertiary/aromatic N) is 1. The van der Waals surface area contributed by atoms with Crippen LogP contribution in [0.3, 0.4) is 0 Å². The maximum absolute atomic E-state index is 13.5. The highest BCUT2D eigenvalue weighted by molar-refractivity contribution is 6.07. The Labute approximate surface area is 103 Å². The number of hydrogen-bond acceptors (Lipinski definition) is 3. The fourth-order valence-corrected chi connectivity index (χ4v) is 1.06. The van der Waals surface area contributed by atoms with Crippen LogP contribution in [-0.2, 0) is 9.59 Å². The van der Waals surface area contributed by atoms with E-state index in [4.69, 9.17) is 10.4 Å². The SMILES string of the molecule is CC(C)(C(=O)O)C(=O)Nc1ccc(C#N)cc1F. The van der Waals surface area contributed by atoms with Gasteiger partial charge in [-0.3, -0.25) is 9.59 Å². The third kappa shape index (κ3) is 2.63. The topological polar surface area (TPSA) is 90.2 Å². The van der Waals surface area contributed by atoms with Gasteiger partial charge in [0.15, 0.2) is 0 Å². The van der Waals surface area contributed by atoms with E-state index in [9.17, 15) is 14.0 Å². The summed E-state index contributed by atoms with van der Waals surface area (Å²) in [5.74, 6) is -2.93. The largest absolute Gasteiger partial charge is 0.480 e. The summed E-state index contributed by atoms with van der Waals surface area (Å²) in [7, 11) is 0. The predicted molar refractivity (Wildman–Crippen MR) is 61.2 cm³/mol. The lowest BCUT2D eigenvalue weighted by Crippen LogP contribution is -2.38. The van der Waals surface area contributed by atoms with Crippen LogP contribution in [0.4, 0.5) is 10.1 Å². The second kappa shape index (κ2) is 4.84. The number of amides is 1. The first-order chi connectivity index (χ1) is 8.28. The molecule has 0 bridgehead atoms. The zero-order valence-corrected chi connectivity index (χ0v) is 9.82. The Morgan fingerprint density at radius 2 is 2.06 bits per heavy atom. The summed E-state index contributed by atoms with van der Waals surface area (Å²) in [6.45, 7) is 2.43. The van der Waals surface area contributed by atoms with Crippen molar-refractivity contribution in [1.82, 2.24) is 0 Å². The van der Waals surface area contributed by atoms with Gasteiger partial charge in [-0.25, -0.2) is 4.39 Å². The standard InChI is InChI=1S/C12H11FN2O3/c1-12(2,11(17)18)10(16)15-9-4-3-7(6-14)5-8(9)13/h3-5H,1-2H3,(H,15,16)(H,17,18). The number of nitriles is 1. The zero-order chi connectivity index (χ0) is 13.9. The second-order valence-electron chi connectivity index (χ2n) is 4.19. The molecule has 0 atom stereocenters. The maximum atomic E-state index is 13.5. The van der Waals surface area contributed by atoms with Gasteiger partial charge >= 0.3 is 5.97 Å². The van der Waals surface area contributed by atoms with Gasteiger partial charge in [-0.05, 0) is 32.0 Å². The molecule has 0 saturated carbocycles. The highest BCUT2D eigenvalue weighted by Crippen LogP contribution is 2.21. The van der Waals surface area contributed by atoms with Crippen LogP contribution in [0, 0.1) is 22.6 Å². The van der Waals surface area contributed by atoms with Gasteiger partial charge < -0.3 is 10.4 Å². The molecule has 5 nitrogen and oxygen atoms in total. The van der Waals surface area contributed by atoms with Gasteiger partial charge in [0.2, 0.25) is 5.91 Å². The van der Waals surface area contributed by atoms with Gasteiger partial charge in [-0.1, -0.05) is 0 Å². The smallest absolute Gasteiger partial charge is 0.318 e. The lowest BCUT2D eigenvalue weighted by atomic mass is 9.92. The van der Waals surface area contributed by atoms with E-state index in [2.05, 4.69) is 5.32 Å². The summed E-state index contributed by atoms with van der Waals surface area (Å²) in [5, 5.41) is 19.6. The number of rotatable bonds is 3. The minimum absolute atomic E-state index is 0.114. The minimum atomic E-state index is -1.67. The monoisotopic (exact) mass is 250 g/mol. The highest BCUT2D eigenvalue weighted by Gasteiger charge is 2.36. The molecule has 0 aromatic heterocycles. The Morgan fingerprint density at radius 1 is 1.44 bits per heavy atom. The molecule has 6 heteroatoms. The van der Waals surface area contributed by atoms with Crippen molar-refractivity contribution in [2.75, 3.05) is 5.32 Å². The molecule has 0 fully saturated rings. The lowest BCUT2D eigenvalue weighted by Gasteiger charge is -2.18. The first kappa shape index (κ1) is 13.6. The van der Waals surface area contributed by atoms with Gasteiger partial charge in [-0.15, -0.1) is 0 Å². The molecule has 2 N–H and O–H groups in total. The first-order valence-corrected chi connectivity index (χ1v) is 5.03. The molecule has 0 heterocycles. The number of carbonyl (C=O) groups excluding carboxylic acids is 1. The van der Waals surface area contributed by atoms with E-state index < -0.39 is 23.1 Å². The summed E-state index contributed by atoms with van der Waals surface area (Å²) in [6, 6.07) is 5.25. The number of nitrogens with one attached hydrogen (secondary N) is 1. The summed E-state index contributed by atoms with van der Waals surface area (Å²) in [4.78, 5) is 22.5. The Morgan fingerprint density at radius 3 is 2.50 bits per heavy atom. The molecule has 0 aliphatic heterocycles. The van der Waals surface area contributed by atoms with E-state index in [-0.39, 0.29) is 11.3 Å². The molecule has 0 radical (unpaired) electrons. The van der Waals surface area contributed by atoms with Crippen LogP contribution < -0.4 is 5.32 Å². The predicted octanol–water partition coefficient (Wildman–Crippen LogP) is 1.75. The average molecular weight is 250 g/mol. The first-order valence-electron chi connectivity index (χ1n) is 5.03. The number of halogens is 1. The van der Waals surface area contributed by atoms with Crippen LogP contribution in [0.1, 0.15) is 19.4 Å². The van der Waals surface area contributed by atoms with E-state index >= 15 is 0 Å². The second-order valence-corrected chi connectivity index (χ2v) is 4.19. The third-order valence-electron chi connectivity index (χ3n) is 2.45. The minimum Gasteiger partial charge on any atom is -0.480 e.